The van der Waals surface area contributed by atoms with Gasteiger partial charge in [-0.05, 0) is 42.5 Å². The van der Waals surface area contributed by atoms with E-state index in [4.69, 9.17) is 0 Å². The van der Waals surface area contributed by atoms with Crippen molar-refractivity contribution in [3.8, 4) is 0 Å². The molecular formula is C19H18F2N6. The predicted molar refractivity (Wildman–Crippen MR) is 98.2 cm³/mol. The Morgan fingerprint density at radius 1 is 1.04 bits per heavy atom. The van der Waals surface area contributed by atoms with Gasteiger partial charge in [0, 0.05) is 30.2 Å². The van der Waals surface area contributed by atoms with E-state index in [1.807, 2.05) is 12.1 Å². The van der Waals surface area contributed by atoms with Crippen LogP contribution in [0.4, 0.5) is 14.6 Å². The van der Waals surface area contributed by atoms with Crippen molar-refractivity contribution in [3.05, 3.63) is 54.0 Å². The molecule has 1 fully saturated rings. The van der Waals surface area contributed by atoms with Crippen molar-refractivity contribution in [1.82, 2.24) is 24.8 Å². The summed E-state index contributed by atoms with van der Waals surface area (Å²) in [7, 11) is 0. The van der Waals surface area contributed by atoms with Crippen molar-refractivity contribution in [2.75, 3.05) is 18.0 Å². The average Bonchev–Trinajstić information content (AvgIpc) is 3.32. The maximum Gasteiger partial charge on any atom is 0.299 e. The van der Waals surface area contributed by atoms with E-state index in [1.165, 1.54) is 10.9 Å². The first kappa shape index (κ1) is 16.2. The van der Waals surface area contributed by atoms with Gasteiger partial charge in [-0.2, -0.15) is 4.52 Å². The molecule has 5 rings (SSSR count). The van der Waals surface area contributed by atoms with E-state index in [2.05, 4.69) is 49.6 Å². The van der Waals surface area contributed by atoms with E-state index in [9.17, 15) is 8.78 Å². The summed E-state index contributed by atoms with van der Waals surface area (Å²) in [6.45, 7) is 1.66. The lowest BCUT2D eigenvalue weighted by Crippen LogP contribution is -2.33. The number of H-pyrrole nitrogens is 1. The minimum atomic E-state index is -2.70. The van der Waals surface area contributed by atoms with Gasteiger partial charge in [-0.3, -0.25) is 0 Å². The summed E-state index contributed by atoms with van der Waals surface area (Å²) in [6.07, 6.45) is 1.40. The lowest BCUT2D eigenvalue weighted by atomic mass is 9.89. The largest absolute Gasteiger partial charge is 0.361 e. The van der Waals surface area contributed by atoms with Gasteiger partial charge < -0.3 is 9.88 Å². The average molecular weight is 368 g/mol. The zero-order chi connectivity index (χ0) is 18.4. The fraction of sp³-hybridized carbons (Fsp3) is 0.316. The van der Waals surface area contributed by atoms with E-state index in [0.29, 0.717) is 17.4 Å². The van der Waals surface area contributed by atoms with Gasteiger partial charge in [0.1, 0.15) is 5.82 Å². The normalized spacial score (nSPS) is 16.0. The molecule has 0 amide bonds. The molecule has 0 atom stereocenters. The van der Waals surface area contributed by atoms with Gasteiger partial charge in [0.25, 0.3) is 6.43 Å². The maximum absolute atomic E-state index is 13.1. The molecule has 27 heavy (non-hydrogen) atoms. The molecule has 1 saturated heterocycles. The fourth-order valence-electron chi connectivity index (χ4n) is 3.95. The molecule has 0 spiro atoms. The Labute approximate surface area is 153 Å². The molecule has 0 bridgehead atoms. The summed E-state index contributed by atoms with van der Waals surface area (Å²) in [4.78, 5) is 5.49. The molecule has 0 saturated carbocycles. The Kier molecular flexibility index (Phi) is 3.77. The third-order valence-electron chi connectivity index (χ3n) is 5.35. The molecule has 138 valence electrons. The number of anilines is 1. The van der Waals surface area contributed by atoms with E-state index >= 15 is 0 Å². The molecule has 0 aliphatic carbocycles. The van der Waals surface area contributed by atoms with Crippen molar-refractivity contribution in [3.63, 3.8) is 0 Å². The third-order valence-corrected chi connectivity index (χ3v) is 5.35. The van der Waals surface area contributed by atoms with Crippen LogP contribution in [-0.2, 0) is 0 Å². The first-order valence-electron chi connectivity index (χ1n) is 9.02. The molecule has 1 N–H and O–H groups in total. The van der Waals surface area contributed by atoms with Crippen molar-refractivity contribution in [2.24, 2.45) is 0 Å². The second kappa shape index (κ2) is 6.29. The summed E-state index contributed by atoms with van der Waals surface area (Å²) in [5.74, 6) is 0.745. The number of halogens is 2. The van der Waals surface area contributed by atoms with Gasteiger partial charge in [-0.15, -0.1) is 15.3 Å². The van der Waals surface area contributed by atoms with Crippen molar-refractivity contribution in [1.29, 1.82) is 0 Å². The van der Waals surface area contributed by atoms with Crippen LogP contribution >= 0.6 is 0 Å². The molecule has 4 heterocycles. The van der Waals surface area contributed by atoms with Gasteiger partial charge >= 0.3 is 0 Å². The maximum atomic E-state index is 13.1. The first-order chi connectivity index (χ1) is 13.2. The zero-order valence-corrected chi connectivity index (χ0v) is 14.5. The second-order valence-electron chi connectivity index (χ2n) is 6.87. The molecule has 1 aromatic carbocycles. The van der Waals surface area contributed by atoms with Crippen LogP contribution in [0.3, 0.4) is 0 Å². The smallest absolute Gasteiger partial charge is 0.299 e. The number of hydrogen-bond donors (Lipinski definition) is 1. The fourth-order valence-corrected chi connectivity index (χ4v) is 3.95. The van der Waals surface area contributed by atoms with Crippen LogP contribution in [0.25, 0.3) is 16.6 Å². The highest BCUT2D eigenvalue weighted by atomic mass is 19.3. The van der Waals surface area contributed by atoms with Crippen molar-refractivity contribution < 1.29 is 8.78 Å². The number of rotatable bonds is 3. The van der Waals surface area contributed by atoms with Crippen LogP contribution in [0.1, 0.15) is 36.6 Å². The summed E-state index contributed by atoms with van der Waals surface area (Å²) in [6, 6.07) is 11.9. The molecule has 1 aliphatic heterocycles. The lowest BCUT2D eigenvalue weighted by Gasteiger charge is -2.32. The quantitative estimate of drug-likeness (QED) is 0.595. The first-order valence-corrected chi connectivity index (χ1v) is 9.02. The Morgan fingerprint density at radius 2 is 1.85 bits per heavy atom. The van der Waals surface area contributed by atoms with E-state index in [0.717, 1.165) is 36.0 Å². The van der Waals surface area contributed by atoms with Gasteiger partial charge in [0.2, 0.25) is 5.82 Å². The number of piperidine rings is 1. The second-order valence-corrected chi connectivity index (χ2v) is 6.87. The van der Waals surface area contributed by atoms with Crippen LogP contribution < -0.4 is 4.90 Å². The van der Waals surface area contributed by atoms with Gasteiger partial charge in [-0.25, -0.2) is 8.78 Å². The van der Waals surface area contributed by atoms with E-state index in [1.54, 1.807) is 6.07 Å². The number of nitrogens with zero attached hydrogens (tertiary/aromatic N) is 5. The number of nitrogens with one attached hydrogen (secondary N) is 1. The van der Waals surface area contributed by atoms with Crippen LogP contribution in [-0.4, -0.2) is 37.9 Å². The molecule has 0 unspecified atom stereocenters. The van der Waals surface area contributed by atoms with Gasteiger partial charge in [0.05, 0.1) is 0 Å². The Balaban J connectivity index is 1.37. The number of fused-ring (bicyclic) bond motifs is 2. The van der Waals surface area contributed by atoms with Crippen LogP contribution in [0, 0.1) is 0 Å². The van der Waals surface area contributed by atoms with Gasteiger partial charge in [0.15, 0.2) is 5.65 Å². The van der Waals surface area contributed by atoms with Crippen molar-refractivity contribution in [2.45, 2.75) is 25.2 Å². The van der Waals surface area contributed by atoms with Crippen LogP contribution in [0.15, 0.2) is 42.6 Å². The minimum Gasteiger partial charge on any atom is -0.361 e. The lowest BCUT2D eigenvalue weighted by molar-refractivity contribution is 0.137. The molecular weight excluding hydrogens is 350 g/mol. The van der Waals surface area contributed by atoms with Crippen LogP contribution in [0.5, 0.6) is 0 Å². The monoisotopic (exact) mass is 368 g/mol. The Bertz CT molecular complexity index is 1090. The standard InChI is InChI=1S/C19H18F2N6/c20-18(21)19-24-23-16-5-6-17(25-27(16)19)26-9-7-12(8-10-26)14-11-22-15-4-2-1-3-13(14)15/h1-6,11-12,18,22H,7-10H2. The molecule has 0 radical (unpaired) electrons. The topological polar surface area (TPSA) is 62.1 Å². The SMILES string of the molecule is FC(F)c1nnc2ccc(N3CCC(c4c[nH]c5ccccc45)CC3)nn12. The molecule has 8 heteroatoms. The number of hydrogen-bond acceptors (Lipinski definition) is 4. The third kappa shape index (κ3) is 2.72. The number of aromatic nitrogens is 5. The summed E-state index contributed by atoms with van der Waals surface area (Å²) in [5.41, 5.74) is 2.85. The highest BCUT2D eigenvalue weighted by molar-refractivity contribution is 5.83. The molecule has 1 aliphatic rings. The van der Waals surface area contributed by atoms with Crippen LogP contribution in [0.2, 0.25) is 0 Å². The summed E-state index contributed by atoms with van der Waals surface area (Å²) >= 11 is 0. The number of para-hydroxylation sites is 1. The zero-order valence-electron chi connectivity index (χ0n) is 14.5. The Hall–Kier alpha value is -3.03. The van der Waals surface area contributed by atoms with Gasteiger partial charge in [-0.1, -0.05) is 18.2 Å². The highest BCUT2D eigenvalue weighted by Gasteiger charge is 2.24. The predicted octanol–water partition coefficient (Wildman–Crippen LogP) is 3.93. The van der Waals surface area contributed by atoms with E-state index in [-0.39, 0.29) is 0 Å². The summed E-state index contributed by atoms with van der Waals surface area (Å²) < 4.78 is 27.3. The number of alkyl halides is 2. The molecule has 4 aromatic rings. The number of aromatic amines is 1. The molecule has 6 nitrogen and oxygen atoms in total. The van der Waals surface area contributed by atoms with Crippen molar-refractivity contribution >= 4 is 22.4 Å². The summed E-state index contributed by atoms with van der Waals surface area (Å²) in [5, 5.41) is 12.9. The minimum absolute atomic E-state index is 0.336. The number of benzene rings is 1. The highest BCUT2D eigenvalue weighted by Crippen LogP contribution is 2.34. The van der Waals surface area contributed by atoms with E-state index < -0.39 is 12.2 Å². The molecule has 3 aromatic heterocycles. The Morgan fingerprint density at radius 3 is 2.67 bits per heavy atom.